The third-order valence-electron chi connectivity index (χ3n) is 7.66. The van der Waals surface area contributed by atoms with Gasteiger partial charge in [0.15, 0.2) is 0 Å². The van der Waals surface area contributed by atoms with Gasteiger partial charge in [0.05, 0.1) is 12.6 Å². The van der Waals surface area contributed by atoms with E-state index >= 15 is 0 Å². The van der Waals surface area contributed by atoms with Gasteiger partial charge in [0, 0.05) is 34.0 Å². The van der Waals surface area contributed by atoms with Crippen molar-refractivity contribution in [2.45, 2.75) is 43.9 Å². The van der Waals surface area contributed by atoms with Gasteiger partial charge in [-0.1, -0.05) is 32.1 Å². The molecule has 194 valence electrons. The summed E-state index contributed by atoms with van der Waals surface area (Å²) in [4.78, 5) is 32.4. The van der Waals surface area contributed by atoms with Crippen molar-refractivity contribution in [3.05, 3.63) is 88.0 Å². The number of halogens is 1. The van der Waals surface area contributed by atoms with Gasteiger partial charge in [0.2, 0.25) is 11.3 Å². The molecule has 0 radical (unpaired) electrons. The number of aromatic nitrogens is 1. The predicted molar refractivity (Wildman–Crippen MR) is 137 cm³/mol. The van der Waals surface area contributed by atoms with Crippen molar-refractivity contribution in [3.63, 3.8) is 0 Å². The van der Waals surface area contributed by atoms with Crippen LogP contribution in [0.25, 0.3) is 10.9 Å². The summed E-state index contributed by atoms with van der Waals surface area (Å²) in [6.07, 6.45) is 3.97. The topological polar surface area (TPSA) is 124 Å². The van der Waals surface area contributed by atoms with E-state index in [2.05, 4.69) is 10.3 Å². The molecule has 4 N–H and O–H groups in total. The number of aliphatic hydroxyl groups is 1. The molecular formula is C29H26FN3O5. The Kier molecular flexibility index (Phi) is 5.16. The molecular weight excluding hydrogens is 489 g/mol. The Morgan fingerprint density at radius 1 is 1.26 bits per heavy atom. The Hall–Kier alpha value is -4.24. The molecule has 1 aliphatic heterocycles. The number of nitrogens with two attached hydrogens (primary N) is 1. The summed E-state index contributed by atoms with van der Waals surface area (Å²) >= 11 is 0. The van der Waals surface area contributed by atoms with Crippen LogP contribution in [0, 0.1) is 5.82 Å². The minimum absolute atomic E-state index is 0.0341. The zero-order valence-corrected chi connectivity index (χ0v) is 21.1. The standard InChI is InChI=1S/C29H26FN3O5/c1-14(2)15-7-9-19-23(11-15)38-29(36)20-5-4-6-21(31)24(20)26(34)28(19,29)33-27(35)18-13-32-22-10-8-16(30)12-17(22)25(18)37-3/h5,7-14,36H,4,6,31H2,1-3H3,(H,33,35). The first-order chi connectivity index (χ1) is 18.1. The van der Waals surface area contributed by atoms with Gasteiger partial charge in [0.25, 0.3) is 11.7 Å². The molecule has 2 aromatic carbocycles. The molecule has 3 aromatic rings. The van der Waals surface area contributed by atoms with E-state index in [1.54, 1.807) is 18.2 Å². The molecule has 1 saturated carbocycles. The zero-order valence-electron chi connectivity index (χ0n) is 21.1. The van der Waals surface area contributed by atoms with Gasteiger partial charge in [-0.15, -0.1) is 0 Å². The van der Waals surface area contributed by atoms with Gasteiger partial charge in [-0.2, -0.15) is 0 Å². The van der Waals surface area contributed by atoms with Crippen molar-refractivity contribution in [1.29, 1.82) is 0 Å². The predicted octanol–water partition coefficient (Wildman–Crippen LogP) is 3.73. The van der Waals surface area contributed by atoms with Gasteiger partial charge in [-0.3, -0.25) is 14.6 Å². The fourth-order valence-corrected chi connectivity index (χ4v) is 5.75. The summed E-state index contributed by atoms with van der Waals surface area (Å²) in [5.41, 5.74) is 6.61. The van der Waals surface area contributed by atoms with E-state index < -0.39 is 28.8 Å². The van der Waals surface area contributed by atoms with E-state index in [9.17, 15) is 19.1 Å². The van der Waals surface area contributed by atoms with Crippen molar-refractivity contribution in [2.24, 2.45) is 5.73 Å². The Labute approximate surface area is 218 Å². The molecule has 0 spiro atoms. The first kappa shape index (κ1) is 24.1. The van der Waals surface area contributed by atoms with Crippen LogP contribution in [0.1, 0.15) is 54.1 Å². The molecule has 3 aliphatic rings. The summed E-state index contributed by atoms with van der Waals surface area (Å²) in [7, 11) is 1.36. The molecule has 0 bridgehead atoms. The lowest BCUT2D eigenvalue weighted by atomic mass is 9.82. The van der Waals surface area contributed by atoms with E-state index in [1.165, 1.54) is 31.5 Å². The smallest absolute Gasteiger partial charge is 0.270 e. The summed E-state index contributed by atoms with van der Waals surface area (Å²) in [5, 5.41) is 15.2. The summed E-state index contributed by atoms with van der Waals surface area (Å²) < 4.78 is 25.7. The number of allylic oxidation sites excluding steroid dienone is 2. The average molecular weight is 516 g/mol. The number of Topliss-reactive ketones (excluding diaryl/α,β-unsaturated/α-hetero) is 1. The number of hydrogen-bond acceptors (Lipinski definition) is 7. The minimum Gasteiger partial charge on any atom is -0.495 e. The zero-order chi connectivity index (χ0) is 27.0. The monoisotopic (exact) mass is 515 g/mol. The number of rotatable bonds is 4. The van der Waals surface area contributed by atoms with Crippen molar-refractivity contribution in [1.82, 2.24) is 10.3 Å². The maximum atomic E-state index is 14.2. The highest BCUT2D eigenvalue weighted by molar-refractivity contribution is 6.16. The highest BCUT2D eigenvalue weighted by atomic mass is 19.1. The van der Waals surface area contributed by atoms with E-state index in [4.69, 9.17) is 15.2 Å². The van der Waals surface area contributed by atoms with Gasteiger partial charge >= 0.3 is 0 Å². The Balaban J connectivity index is 1.56. The lowest BCUT2D eigenvalue weighted by molar-refractivity contribution is -0.152. The second-order valence-corrected chi connectivity index (χ2v) is 10.1. The third kappa shape index (κ3) is 3.02. The number of nitrogens with one attached hydrogen (secondary N) is 1. The van der Waals surface area contributed by atoms with Crippen LogP contribution in [0.3, 0.4) is 0 Å². The van der Waals surface area contributed by atoms with E-state index in [0.29, 0.717) is 40.8 Å². The molecule has 1 aromatic heterocycles. The van der Waals surface area contributed by atoms with Crippen molar-refractivity contribution >= 4 is 22.6 Å². The van der Waals surface area contributed by atoms with E-state index in [0.717, 1.165) is 5.56 Å². The van der Waals surface area contributed by atoms with Crippen molar-refractivity contribution < 1.29 is 28.6 Å². The summed E-state index contributed by atoms with van der Waals surface area (Å²) in [6.45, 7) is 4.03. The number of fused-ring (bicyclic) bond motifs is 6. The van der Waals surface area contributed by atoms with Crippen LogP contribution in [0.4, 0.5) is 4.39 Å². The maximum absolute atomic E-state index is 14.2. The number of amides is 1. The number of carbonyl (C=O) groups excluding carboxylic acids is 2. The average Bonchev–Trinajstić information content (AvgIpc) is 3.25. The number of pyridine rings is 1. The first-order valence-electron chi connectivity index (χ1n) is 12.4. The molecule has 2 unspecified atom stereocenters. The minimum atomic E-state index is -2.22. The molecule has 2 aliphatic carbocycles. The maximum Gasteiger partial charge on any atom is 0.270 e. The number of methoxy groups -OCH3 is 1. The number of hydrogen-bond donors (Lipinski definition) is 3. The van der Waals surface area contributed by atoms with Crippen LogP contribution >= 0.6 is 0 Å². The molecule has 9 heteroatoms. The lowest BCUT2D eigenvalue weighted by Gasteiger charge is -2.34. The molecule has 1 amide bonds. The van der Waals surface area contributed by atoms with Gasteiger partial charge in [-0.05, 0) is 48.6 Å². The van der Waals surface area contributed by atoms with Crippen LogP contribution < -0.4 is 20.5 Å². The molecule has 1 fully saturated rings. The lowest BCUT2D eigenvalue weighted by Crippen LogP contribution is -2.62. The molecule has 8 nitrogen and oxygen atoms in total. The Morgan fingerprint density at radius 3 is 2.79 bits per heavy atom. The molecule has 38 heavy (non-hydrogen) atoms. The number of ether oxygens (including phenoxy) is 2. The fourth-order valence-electron chi connectivity index (χ4n) is 5.75. The Bertz CT molecular complexity index is 1630. The van der Waals surface area contributed by atoms with E-state index in [-0.39, 0.29) is 28.4 Å². The van der Waals surface area contributed by atoms with Crippen LogP contribution in [-0.2, 0) is 10.3 Å². The van der Waals surface area contributed by atoms with Crippen molar-refractivity contribution in [2.75, 3.05) is 7.11 Å². The van der Waals surface area contributed by atoms with Crippen LogP contribution in [0.15, 0.2) is 65.5 Å². The van der Waals surface area contributed by atoms with Crippen LogP contribution in [-0.4, -0.2) is 34.7 Å². The quantitative estimate of drug-likeness (QED) is 0.484. The second kappa shape index (κ2) is 8.13. The van der Waals surface area contributed by atoms with Gasteiger partial charge in [0.1, 0.15) is 22.9 Å². The van der Waals surface area contributed by atoms with E-state index in [1.807, 2.05) is 19.9 Å². The van der Waals surface area contributed by atoms with Crippen molar-refractivity contribution in [3.8, 4) is 11.5 Å². The highest BCUT2D eigenvalue weighted by Crippen LogP contribution is 2.59. The Morgan fingerprint density at radius 2 is 2.05 bits per heavy atom. The first-order valence-corrected chi connectivity index (χ1v) is 12.4. The fraction of sp³-hybridized carbons (Fsp3) is 0.276. The molecule has 0 saturated heterocycles. The highest BCUT2D eigenvalue weighted by Gasteiger charge is 2.74. The van der Waals surface area contributed by atoms with Gasteiger partial charge < -0.3 is 25.6 Å². The number of nitrogens with zero attached hydrogens (tertiary/aromatic N) is 1. The normalized spacial score (nSPS) is 23.6. The summed E-state index contributed by atoms with van der Waals surface area (Å²) in [6, 6.07) is 9.27. The SMILES string of the molecule is COc1c(C(=O)NC23C(=O)C4=C(N)CCC=C4C2(O)Oc2cc(C(C)C)ccc23)cnc2ccc(F)cc12. The van der Waals surface area contributed by atoms with Crippen LogP contribution in [0.2, 0.25) is 0 Å². The largest absolute Gasteiger partial charge is 0.495 e. The number of ketones is 1. The molecule has 2 atom stereocenters. The second-order valence-electron chi connectivity index (χ2n) is 10.1. The van der Waals surface area contributed by atoms with Crippen LogP contribution in [0.5, 0.6) is 11.5 Å². The molecule has 6 rings (SSSR count). The number of benzene rings is 2. The van der Waals surface area contributed by atoms with Gasteiger partial charge in [-0.25, -0.2) is 4.39 Å². The summed E-state index contributed by atoms with van der Waals surface area (Å²) in [5.74, 6) is -3.52. The number of carbonyl (C=O) groups is 2. The molecule has 2 heterocycles. The third-order valence-corrected chi connectivity index (χ3v) is 7.66.